The molecule has 7 nitrogen and oxygen atoms in total. The molecule has 0 aliphatic rings. The van der Waals surface area contributed by atoms with Crippen LogP contribution in [0.5, 0.6) is 0 Å². The maximum Gasteiger partial charge on any atom is 0.409 e. The Kier molecular flexibility index (Phi) is 7.48. The maximum absolute atomic E-state index is 12.2. The first-order chi connectivity index (χ1) is 11.2. The summed E-state index contributed by atoms with van der Waals surface area (Å²) in [5.74, 6) is -0.421. The van der Waals surface area contributed by atoms with Crippen LogP contribution < -0.4 is 10.2 Å². The summed E-state index contributed by atoms with van der Waals surface area (Å²) in [6, 6.07) is 1.70. The fraction of sp³-hybridized carbons (Fsp3) is 0.588. The Bertz CT molecular complexity index is 555. The van der Waals surface area contributed by atoms with Crippen LogP contribution in [-0.2, 0) is 9.47 Å². The van der Waals surface area contributed by atoms with Crippen LogP contribution in [0.3, 0.4) is 0 Å². The van der Waals surface area contributed by atoms with Gasteiger partial charge in [0.1, 0.15) is 11.2 Å². The van der Waals surface area contributed by atoms with Gasteiger partial charge in [-0.2, -0.15) is 0 Å². The largest absolute Gasteiger partial charge is 0.462 e. The molecule has 7 heteroatoms. The zero-order chi connectivity index (χ0) is 18.2. The predicted octanol–water partition coefficient (Wildman–Crippen LogP) is 2.96. The average Bonchev–Trinajstić information content (AvgIpc) is 2.51. The third-order valence-electron chi connectivity index (χ3n) is 3.02. The molecule has 0 aliphatic carbocycles. The number of nitrogens with zero attached hydrogens (tertiary/aromatic N) is 2. The van der Waals surface area contributed by atoms with Crippen molar-refractivity contribution in [2.75, 3.05) is 25.2 Å². The third kappa shape index (κ3) is 6.85. The van der Waals surface area contributed by atoms with Crippen molar-refractivity contribution in [2.24, 2.45) is 0 Å². The van der Waals surface area contributed by atoms with E-state index in [1.54, 1.807) is 45.0 Å². The van der Waals surface area contributed by atoms with Crippen LogP contribution in [-0.4, -0.2) is 43.0 Å². The van der Waals surface area contributed by atoms with Gasteiger partial charge in [-0.25, -0.2) is 9.59 Å². The van der Waals surface area contributed by atoms with Gasteiger partial charge in [0, 0.05) is 19.4 Å². The molecule has 0 unspecified atom stereocenters. The Hall–Kier alpha value is -2.31. The van der Waals surface area contributed by atoms with Crippen LogP contribution >= 0.6 is 0 Å². The molecule has 134 valence electrons. The highest BCUT2D eigenvalue weighted by Gasteiger charge is 2.18. The zero-order valence-corrected chi connectivity index (χ0v) is 15.1. The number of esters is 1. The van der Waals surface area contributed by atoms with Crippen molar-refractivity contribution in [1.29, 1.82) is 0 Å². The lowest BCUT2D eigenvalue weighted by atomic mass is 10.2. The Morgan fingerprint density at radius 3 is 2.67 bits per heavy atom. The van der Waals surface area contributed by atoms with Gasteiger partial charge in [-0.3, -0.25) is 4.98 Å². The van der Waals surface area contributed by atoms with Gasteiger partial charge in [0.2, 0.25) is 0 Å². The molecule has 1 N–H and O–H groups in total. The van der Waals surface area contributed by atoms with E-state index >= 15 is 0 Å². The summed E-state index contributed by atoms with van der Waals surface area (Å²) >= 11 is 0. The average molecular weight is 337 g/mol. The Morgan fingerprint density at radius 1 is 1.33 bits per heavy atom. The first-order valence-corrected chi connectivity index (χ1v) is 8.03. The van der Waals surface area contributed by atoms with E-state index in [9.17, 15) is 9.59 Å². The smallest absolute Gasteiger partial charge is 0.409 e. The van der Waals surface area contributed by atoms with Gasteiger partial charge in [-0.05, 0) is 33.3 Å². The number of rotatable bonds is 7. The number of hydrogen-bond acceptors (Lipinski definition) is 6. The molecule has 0 saturated heterocycles. The molecular formula is C17H27N3O4. The van der Waals surface area contributed by atoms with Gasteiger partial charge in [0.25, 0.3) is 0 Å². The standard InChI is InChI=1S/C17H27N3O4/c1-6-7-10-23-15(21)13-11-18-9-8-14(13)20(5)12-19-16(22)24-17(2,3)4/h8-9,11H,6-7,10,12H2,1-5H3,(H,19,22). The van der Waals surface area contributed by atoms with Crippen LogP contribution in [0.2, 0.25) is 0 Å². The number of pyridine rings is 1. The summed E-state index contributed by atoms with van der Waals surface area (Å²) < 4.78 is 10.4. The topological polar surface area (TPSA) is 80.8 Å². The quantitative estimate of drug-likeness (QED) is 0.468. The van der Waals surface area contributed by atoms with Crippen molar-refractivity contribution in [3.05, 3.63) is 24.0 Å². The number of carbonyl (C=O) groups excluding carboxylic acids is 2. The van der Waals surface area contributed by atoms with E-state index in [4.69, 9.17) is 9.47 Å². The third-order valence-corrected chi connectivity index (χ3v) is 3.02. The molecule has 0 fully saturated rings. The van der Waals surface area contributed by atoms with Crippen molar-refractivity contribution in [2.45, 2.75) is 46.1 Å². The number of carbonyl (C=O) groups is 2. The van der Waals surface area contributed by atoms with E-state index in [2.05, 4.69) is 10.3 Å². The molecule has 0 radical (unpaired) electrons. The van der Waals surface area contributed by atoms with Gasteiger partial charge in [-0.15, -0.1) is 0 Å². The van der Waals surface area contributed by atoms with Gasteiger partial charge in [-0.1, -0.05) is 13.3 Å². The zero-order valence-electron chi connectivity index (χ0n) is 15.1. The van der Waals surface area contributed by atoms with Gasteiger partial charge in [0.15, 0.2) is 0 Å². The fourth-order valence-electron chi connectivity index (χ4n) is 1.85. The molecule has 0 spiro atoms. The molecule has 1 aromatic rings. The first kappa shape index (κ1) is 19.7. The maximum atomic E-state index is 12.2. The second-order valence-corrected chi connectivity index (χ2v) is 6.42. The summed E-state index contributed by atoms with van der Waals surface area (Å²) in [5.41, 5.74) is 0.428. The summed E-state index contributed by atoms with van der Waals surface area (Å²) in [7, 11) is 1.76. The molecule has 1 rings (SSSR count). The summed E-state index contributed by atoms with van der Waals surface area (Å²) in [6.07, 6.45) is 4.30. The van der Waals surface area contributed by atoms with E-state index in [1.807, 2.05) is 6.92 Å². The lowest BCUT2D eigenvalue weighted by molar-refractivity contribution is 0.0498. The molecule has 0 aromatic carbocycles. The molecule has 0 aliphatic heterocycles. The minimum atomic E-state index is -0.562. The molecule has 0 saturated carbocycles. The second kappa shape index (κ2) is 9.10. The summed E-state index contributed by atoms with van der Waals surface area (Å²) in [6.45, 7) is 7.98. The molecule has 24 heavy (non-hydrogen) atoms. The van der Waals surface area contributed by atoms with E-state index < -0.39 is 17.7 Å². The van der Waals surface area contributed by atoms with Gasteiger partial charge < -0.3 is 19.7 Å². The fourth-order valence-corrected chi connectivity index (χ4v) is 1.85. The van der Waals surface area contributed by atoms with E-state index in [1.165, 1.54) is 6.20 Å². The number of alkyl carbamates (subject to hydrolysis) is 1. The minimum Gasteiger partial charge on any atom is -0.462 e. The highest BCUT2D eigenvalue weighted by Crippen LogP contribution is 2.18. The first-order valence-electron chi connectivity index (χ1n) is 8.03. The number of ether oxygens (including phenoxy) is 2. The van der Waals surface area contributed by atoms with Crippen molar-refractivity contribution in [3.8, 4) is 0 Å². The number of anilines is 1. The number of hydrogen-bond donors (Lipinski definition) is 1. The highest BCUT2D eigenvalue weighted by molar-refractivity contribution is 5.95. The molecule has 0 bridgehead atoms. The Morgan fingerprint density at radius 2 is 2.04 bits per heavy atom. The van der Waals surface area contributed by atoms with E-state index in [-0.39, 0.29) is 6.67 Å². The number of aromatic nitrogens is 1. The lowest BCUT2D eigenvalue weighted by Gasteiger charge is -2.24. The van der Waals surface area contributed by atoms with Crippen LogP contribution in [0.25, 0.3) is 0 Å². The molecular weight excluding hydrogens is 310 g/mol. The second-order valence-electron chi connectivity index (χ2n) is 6.42. The Balaban J connectivity index is 2.68. The number of amides is 1. The summed E-state index contributed by atoms with van der Waals surface area (Å²) in [5, 5.41) is 2.65. The van der Waals surface area contributed by atoms with Crippen molar-refractivity contribution < 1.29 is 19.1 Å². The normalized spacial score (nSPS) is 10.9. The number of nitrogens with one attached hydrogen (secondary N) is 1. The number of unbranched alkanes of at least 4 members (excludes halogenated alkanes) is 1. The van der Waals surface area contributed by atoms with Crippen molar-refractivity contribution in [1.82, 2.24) is 10.3 Å². The van der Waals surface area contributed by atoms with Gasteiger partial charge in [0.05, 0.1) is 19.0 Å². The predicted molar refractivity (Wildman–Crippen MR) is 92.1 cm³/mol. The van der Waals surface area contributed by atoms with E-state index in [0.717, 1.165) is 12.8 Å². The van der Waals surface area contributed by atoms with Crippen LogP contribution in [0.4, 0.5) is 10.5 Å². The van der Waals surface area contributed by atoms with Crippen molar-refractivity contribution in [3.63, 3.8) is 0 Å². The molecule has 1 aromatic heterocycles. The summed E-state index contributed by atoms with van der Waals surface area (Å²) in [4.78, 5) is 29.6. The molecule has 1 amide bonds. The Labute approximate surface area is 143 Å². The van der Waals surface area contributed by atoms with Crippen LogP contribution in [0.1, 0.15) is 50.9 Å². The molecule has 0 atom stereocenters. The molecule has 1 heterocycles. The SMILES string of the molecule is CCCCOC(=O)c1cnccc1N(C)CNC(=O)OC(C)(C)C. The lowest BCUT2D eigenvalue weighted by Crippen LogP contribution is -2.39. The highest BCUT2D eigenvalue weighted by atomic mass is 16.6. The van der Waals surface area contributed by atoms with Crippen molar-refractivity contribution >= 4 is 17.7 Å². The van der Waals surface area contributed by atoms with Crippen LogP contribution in [0.15, 0.2) is 18.5 Å². The van der Waals surface area contributed by atoms with E-state index in [0.29, 0.717) is 17.9 Å². The monoisotopic (exact) mass is 337 g/mol. The van der Waals surface area contributed by atoms with Crippen LogP contribution in [0, 0.1) is 0 Å². The minimum absolute atomic E-state index is 0.189. The van der Waals surface area contributed by atoms with Gasteiger partial charge >= 0.3 is 12.1 Å².